The lowest BCUT2D eigenvalue weighted by atomic mass is 9.76. The molecule has 0 aromatic carbocycles. The lowest BCUT2D eigenvalue weighted by Gasteiger charge is -2.28. The van der Waals surface area contributed by atoms with Crippen LogP contribution in [0.5, 0.6) is 0 Å². The Kier molecular flexibility index (Phi) is 2.10. The Morgan fingerprint density at radius 2 is 1.92 bits per heavy atom. The minimum atomic E-state index is 0.359. The van der Waals surface area contributed by atoms with Gasteiger partial charge in [0.2, 0.25) is 0 Å². The summed E-state index contributed by atoms with van der Waals surface area (Å²) in [4.78, 5) is 11.5. The number of fused-ring (bicyclic) bond motifs is 1. The lowest BCUT2D eigenvalue weighted by molar-refractivity contribution is -0.116. The van der Waals surface area contributed by atoms with Crippen LogP contribution in [0.15, 0.2) is 22.8 Å². The van der Waals surface area contributed by atoms with E-state index in [9.17, 15) is 4.79 Å². The van der Waals surface area contributed by atoms with Gasteiger partial charge in [0.15, 0.2) is 5.78 Å². The van der Waals surface area contributed by atoms with Crippen molar-refractivity contribution < 1.29 is 4.79 Å². The molecule has 0 spiro atoms. The standard InChI is InChI=1S/C12H16O/c1-8-3-4-10-5-6-12(13)9(2)11(10)7-8/h7,10H,3-6H2,1-2H3. The van der Waals surface area contributed by atoms with Gasteiger partial charge in [-0.2, -0.15) is 0 Å². The summed E-state index contributed by atoms with van der Waals surface area (Å²) in [5.41, 5.74) is 3.79. The van der Waals surface area contributed by atoms with E-state index >= 15 is 0 Å². The maximum Gasteiger partial charge on any atom is 0.158 e. The molecule has 0 aliphatic heterocycles. The SMILES string of the molecule is CC1=CC2=C(C)C(=O)CCC2CC1. The van der Waals surface area contributed by atoms with Gasteiger partial charge in [-0.1, -0.05) is 11.6 Å². The predicted molar refractivity (Wildman–Crippen MR) is 53.4 cm³/mol. The topological polar surface area (TPSA) is 17.1 Å². The summed E-state index contributed by atoms with van der Waals surface area (Å²) in [6.45, 7) is 4.15. The number of carbonyl (C=O) groups excluding carboxylic acids is 1. The Bertz CT molecular complexity index is 307. The molecule has 1 unspecified atom stereocenters. The smallest absolute Gasteiger partial charge is 0.158 e. The maximum absolute atomic E-state index is 11.5. The molecule has 0 radical (unpaired) electrons. The molecule has 0 bridgehead atoms. The first kappa shape index (κ1) is 8.74. The summed E-state index contributed by atoms with van der Waals surface area (Å²) < 4.78 is 0. The van der Waals surface area contributed by atoms with Gasteiger partial charge in [-0.15, -0.1) is 0 Å². The van der Waals surface area contributed by atoms with Crippen molar-refractivity contribution in [2.45, 2.75) is 39.5 Å². The molecule has 1 heteroatoms. The van der Waals surface area contributed by atoms with Gasteiger partial charge in [0, 0.05) is 6.42 Å². The molecular formula is C12H16O. The predicted octanol–water partition coefficient (Wildman–Crippen LogP) is 3.02. The second kappa shape index (κ2) is 3.13. The van der Waals surface area contributed by atoms with Gasteiger partial charge >= 0.3 is 0 Å². The fraction of sp³-hybridized carbons (Fsp3) is 0.583. The number of carbonyl (C=O) groups is 1. The van der Waals surface area contributed by atoms with E-state index < -0.39 is 0 Å². The largest absolute Gasteiger partial charge is 0.295 e. The van der Waals surface area contributed by atoms with Gasteiger partial charge in [0.05, 0.1) is 0 Å². The summed E-state index contributed by atoms with van der Waals surface area (Å²) in [5, 5.41) is 0. The van der Waals surface area contributed by atoms with Crippen LogP contribution in [0.2, 0.25) is 0 Å². The van der Waals surface area contributed by atoms with Crippen molar-refractivity contribution in [3.63, 3.8) is 0 Å². The van der Waals surface area contributed by atoms with Gasteiger partial charge in [-0.25, -0.2) is 0 Å². The van der Waals surface area contributed by atoms with Crippen molar-refractivity contribution in [2.75, 3.05) is 0 Å². The summed E-state index contributed by atoms with van der Waals surface area (Å²) in [6, 6.07) is 0. The molecule has 0 aromatic heterocycles. The van der Waals surface area contributed by atoms with Gasteiger partial charge in [0.1, 0.15) is 0 Å². The van der Waals surface area contributed by atoms with Crippen LogP contribution in [0, 0.1) is 5.92 Å². The van der Waals surface area contributed by atoms with E-state index in [0.29, 0.717) is 11.7 Å². The molecule has 1 atom stereocenters. The molecule has 1 nitrogen and oxygen atoms in total. The highest BCUT2D eigenvalue weighted by Gasteiger charge is 2.26. The number of ketones is 1. The normalized spacial score (nSPS) is 28.6. The molecule has 2 aliphatic rings. The Morgan fingerprint density at radius 3 is 2.69 bits per heavy atom. The van der Waals surface area contributed by atoms with Gasteiger partial charge in [-0.05, 0) is 50.2 Å². The van der Waals surface area contributed by atoms with Crippen LogP contribution in [0.1, 0.15) is 39.5 Å². The van der Waals surface area contributed by atoms with Crippen LogP contribution >= 0.6 is 0 Å². The average molecular weight is 176 g/mol. The number of rotatable bonds is 0. The highest BCUT2D eigenvalue weighted by molar-refractivity contribution is 5.97. The summed E-state index contributed by atoms with van der Waals surface area (Å²) in [7, 11) is 0. The number of allylic oxidation sites excluding steroid dienone is 4. The fourth-order valence-corrected chi connectivity index (χ4v) is 2.38. The minimum Gasteiger partial charge on any atom is -0.295 e. The average Bonchev–Trinajstić information content (AvgIpc) is 2.12. The fourth-order valence-electron chi connectivity index (χ4n) is 2.38. The van der Waals surface area contributed by atoms with Crippen LogP contribution in [0.25, 0.3) is 0 Å². The van der Waals surface area contributed by atoms with Gasteiger partial charge in [-0.3, -0.25) is 4.79 Å². The van der Waals surface area contributed by atoms with Crippen LogP contribution in [0.4, 0.5) is 0 Å². The van der Waals surface area contributed by atoms with E-state index in [1.54, 1.807) is 0 Å². The van der Waals surface area contributed by atoms with Gasteiger partial charge < -0.3 is 0 Å². The molecule has 0 fully saturated rings. The van der Waals surface area contributed by atoms with Crippen LogP contribution in [0.3, 0.4) is 0 Å². The maximum atomic E-state index is 11.5. The lowest BCUT2D eigenvalue weighted by Crippen LogP contribution is -2.19. The molecule has 0 N–H and O–H groups in total. The van der Waals surface area contributed by atoms with Crippen molar-refractivity contribution in [1.29, 1.82) is 0 Å². The molecule has 0 aromatic rings. The van der Waals surface area contributed by atoms with Crippen molar-refractivity contribution in [2.24, 2.45) is 5.92 Å². The third-order valence-corrected chi connectivity index (χ3v) is 3.30. The number of hydrogen-bond donors (Lipinski definition) is 0. The van der Waals surface area contributed by atoms with Crippen LogP contribution in [-0.4, -0.2) is 5.78 Å². The number of Topliss-reactive ketones (excluding diaryl/α,β-unsaturated/α-hetero) is 1. The molecule has 70 valence electrons. The van der Waals surface area contributed by atoms with E-state index in [4.69, 9.17) is 0 Å². The minimum absolute atomic E-state index is 0.359. The van der Waals surface area contributed by atoms with Crippen molar-refractivity contribution in [3.05, 3.63) is 22.8 Å². The monoisotopic (exact) mass is 176 g/mol. The second-order valence-corrected chi connectivity index (χ2v) is 4.27. The third kappa shape index (κ3) is 1.48. The van der Waals surface area contributed by atoms with E-state index in [2.05, 4.69) is 13.0 Å². The van der Waals surface area contributed by atoms with Crippen LogP contribution < -0.4 is 0 Å². The number of hydrogen-bond acceptors (Lipinski definition) is 1. The molecule has 2 rings (SSSR count). The molecule has 13 heavy (non-hydrogen) atoms. The summed E-state index contributed by atoms with van der Waals surface area (Å²) >= 11 is 0. The Balaban J connectivity index is 2.43. The van der Waals surface area contributed by atoms with Crippen LogP contribution in [-0.2, 0) is 4.79 Å². The Morgan fingerprint density at radius 1 is 1.23 bits per heavy atom. The third-order valence-electron chi connectivity index (χ3n) is 3.30. The van der Waals surface area contributed by atoms with Gasteiger partial charge in [0.25, 0.3) is 0 Å². The molecule has 2 aliphatic carbocycles. The molecule has 0 saturated carbocycles. The first-order chi connectivity index (χ1) is 6.18. The summed E-state index contributed by atoms with van der Waals surface area (Å²) in [5.74, 6) is 1.04. The zero-order chi connectivity index (χ0) is 9.42. The van der Waals surface area contributed by atoms with E-state index in [1.165, 1.54) is 24.0 Å². The van der Waals surface area contributed by atoms with Crippen molar-refractivity contribution in [3.8, 4) is 0 Å². The molecule has 0 saturated heterocycles. The zero-order valence-corrected chi connectivity index (χ0v) is 8.39. The second-order valence-electron chi connectivity index (χ2n) is 4.27. The highest BCUT2D eigenvalue weighted by Crippen LogP contribution is 2.37. The van der Waals surface area contributed by atoms with E-state index in [-0.39, 0.29) is 0 Å². The first-order valence-corrected chi connectivity index (χ1v) is 5.09. The molecule has 0 heterocycles. The van der Waals surface area contributed by atoms with E-state index in [1.807, 2.05) is 6.92 Å². The highest BCUT2D eigenvalue weighted by atomic mass is 16.1. The van der Waals surface area contributed by atoms with E-state index in [0.717, 1.165) is 18.4 Å². The van der Waals surface area contributed by atoms with Crippen molar-refractivity contribution >= 4 is 5.78 Å². The Hall–Kier alpha value is -0.850. The molecular weight excluding hydrogens is 160 g/mol. The molecule has 0 amide bonds. The zero-order valence-electron chi connectivity index (χ0n) is 8.39. The first-order valence-electron chi connectivity index (χ1n) is 5.09. The summed E-state index contributed by atoms with van der Waals surface area (Å²) in [6.07, 6.45) is 6.56. The van der Waals surface area contributed by atoms with Crippen molar-refractivity contribution in [1.82, 2.24) is 0 Å². The Labute approximate surface area is 79.5 Å². The quantitative estimate of drug-likeness (QED) is 0.554.